The summed E-state index contributed by atoms with van der Waals surface area (Å²) in [5.41, 5.74) is -1.56. The van der Waals surface area contributed by atoms with E-state index < -0.39 is 41.1 Å². The van der Waals surface area contributed by atoms with Gasteiger partial charge in [-0.2, -0.15) is 18.3 Å². The molecule has 9 nitrogen and oxygen atoms in total. The van der Waals surface area contributed by atoms with Gasteiger partial charge in [-0.15, -0.1) is 0 Å². The first-order chi connectivity index (χ1) is 19.6. The minimum absolute atomic E-state index is 0.0444. The van der Waals surface area contributed by atoms with E-state index in [1.165, 1.54) is 24.9 Å². The van der Waals surface area contributed by atoms with E-state index >= 15 is 0 Å². The summed E-state index contributed by atoms with van der Waals surface area (Å²) in [6.07, 6.45) is -0.736. The molecule has 3 aromatic rings. The Labute approximate surface area is 241 Å². The molecule has 2 atom stereocenters. The number of alkyl halides is 3. The average molecular weight is 588 g/mol. The first-order valence-corrected chi connectivity index (χ1v) is 14.2. The third-order valence-electron chi connectivity index (χ3n) is 7.94. The monoisotopic (exact) mass is 587 g/mol. The number of pyridine rings is 1. The Balaban J connectivity index is 1.67. The fourth-order valence-electron chi connectivity index (χ4n) is 5.83. The van der Waals surface area contributed by atoms with Gasteiger partial charge >= 0.3 is 12.3 Å². The molecule has 1 N–H and O–H groups in total. The van der Waals surface area contributed by atoms with Gasteiger partial charge in [-0.25, -0.2) is 9.48 Å². The van der Waals surface area contributed by atoms with Gasteiger partial charge in [0.2, 0.25) is 0 Å². The van der Waals surface area contributed by atoms with Gasteiger partial charge < -0.3 is 19.5 Å². The number of rotatable bonds is 5. The van der Waals surface area contributed by atoms with Crippen molar-refractivity contribution in [2.24, 2.45) is 7.05 Å². The van der Waals surface area contributed by atoms with Crippen molar-refractivity contribution in [2.75, 3.05) is 11.9 Å². The topological polar surface area (TPSA) is 98.5 Å². The van der Waals surface area contributed by atoms with Crippen LogP contribution in [0.25, 0.3) is 10.8 Å². The molecular formula is C30H36F3N5O4. The van der Waals surface area contributed by atoms with Crippen LogP contribution in [0.1, 0.15) is 93.8 Å². The maximum Gasteiger partial charge on any atom is 0.416 e. The van der Waals surface area contributed by atoms with Crippen molar-refractivity contribution in [3.63, 3.8) is 0 Å². The van der Waals surface area contributed by atoms with Crippen LogP contribution in [0.15, 0.2) is 34.0 Å². The smallest absolute Gasteiger partial charge is 0.416 e. The maximum absolute atomic E-state index is 14.0. The number of anilines is 1. The Morgan fingerprint density at radius 1 is 1.12 bits per heavy atom. The van der Waals surface area contributed by atoms with Crippen molar-refractivity contribution in [1.29, 1.82) is 0 Å². The summed E-state index contributed by atoms with van der Waals surface area (Å²) < 4.78 is 49.2. The highest BCUT2D eigenvalue weighted by Gasteiger charge is 2.39. The lowest BCUT2D eigenvalue weighted by molar-refractivity contribution is -0.138. The Bertz CT molecular complexity index is 1670. The fraction of sp³-hybridized carbons (Fsp3) is 0.533. The summed E-state index contributed by atoms with van der Waals surface area (Å²) in [6.45, 7) is 8.82. The predicted octanol–water partition coefficient (Wildman–Crippen LogP) is 6.00. The first kappa shape index (κ1) is 29.7. The molecule has 0 bridgehead atoms. The Kier molecular flexibility index (Phi) is 7.39. The number of hydrogen-bond donors (Lipinski definition) is 1. The van der Waals surface area contributed by atoms with E-state index in [0.29, 0.717) is 30.3 Å². The lowest BCUT2D eigenvalue weighted by Crippen LogP contribution is -2.39. The molecule has 5 rings (SSSR count). The highest BCUT2D eigenvalue weighted by Crippen LogP contribution is 2.40. The fourth-order valence-corrected chi connectivity index (χ4v) is 5.83. The second kappa shape index (κ2) is 10.5. The van der Waals surface area contributed by atoms with Crippen LogP contribution >= 0.6 is 0 Å². The third-order valence-corrected chi connectivity index (χ3v) is 7.94. The van der Waals surface area contributed by atoms with E-state index in [4.69, 9.17) is 4.74 Å². The van der Waals surface area contributed by atoms with Gasteiger partial charge in [0, 0.05) is 31.2 Å². The molecule has 2 aliphatic rings. The number of benzene rings is 1. The number of nitrogens with one attached hydrogen (secondary N) is 1. The van der Waals surface area contributed by atoms with Crippen LogP contribution < -0.4 is 16.4 Å². The molecule has 3 heterocycles. The van der Waals surface area contributed by atoms with Crippen LogP contribution in [-0.4, -0.2) is 37.5 Å². The number of carbonyl (C=O) groups is 1. The molecule has 1 aliphatic heterocycles. The number of fused-ring (bicyclic) bond motifs is 1. The highest BCUT2D eigenvalue weighted by atomic mass is 19.4. The number of aryl methyl sites for hydroxylation is 1. The lowest BCUT2D eigenvalue weighted by Gasteiger charge is -2.29. The quantitative estimate of drug-likeness (QED) is 0.393. The molecule has 42 heavy (non-hydrogen) atoms. The van der Waals surface area contributed by atoms with E-state index in [0.717, 1.165) is 23.6 Å². The van der Waals surface area contributed by atoms with Crippen LogP contribution in [0.4, 0.5) is 23.8 Å². The summed E-state index contributed by atoms with van der Waals surface area (Å²) in [4.78, 5) is 42.3. The molecule has 2 aromatic heterocycles. The number of aromatic nitrogens is 3. The van der Waals surface area contributed by atoms with Gasteiger partial charge in [-0.3, -0.25) is 9.59 Å². The maximum atomic E-state index is 14.0. The van der Waals surface area contributed by atoms with Gasteiger partial charge in [0.05, 0.1) is 28.6 Å². The van der Waals surface area contributed by atoms with Crippen LogP contribution in [0.5, 0.6) is 0 Å². The number of ether oxygens (including phenoxy) is 1. The van der Waals surface area contributed by atoms with Gasteiger partial charge in [0.15, 0.2) is 5.82 Å². The molecule has 1 saturated heterocycles. The van der Waals surface area contributed by atoms with E-state index in [1.54, 1.807) is 44.5 Å². The molecule has 2 unspecified atom stereocenters. The van der Waals surface area contributed by atoms with Gasteiger partial charge in [0.25, 0.3) is 11.1 Å². The van der Waals surface area contributed by atoms with Crippen LogP contribution in [0.2, 0.25) is 0 Å². The molecule has 1 saturated carbocycles. The molecule has 0 radical (unpaired) electrons. The number of amides is 1. The zero-order valence-corrected chi connectivity index (χ0v) is 24.6. The summed E-state index contributed by atoms with van der Waals surface area (Å²) in [6, 6.07) is 2.70. The van der Waals surface area contributed by atoms with E-state index in [-0.39, 0.29) is 33.9 Å². The summed E-state index contributed by atoms with van der Waals surface area (Å²) in [7, 11) is 1.46. The molecular weight excluding hydrogens is 551 g/mol. The normalized spacial score (nSPS) is 18.4. The van der Waals surface area contributed by atoms with Gasteiger partial charge in [0.1, 0.15) is 5.60 Å². The number of hydrogen-bond acceptors (Lipinski definition) is 6. The van der Waals surface area contributed by atoms with Crippen molar-refractivity contribution in [1.82, 2.24) is 19.2 Å². The third kappa shape index (κ3) is 5.50. The number of nitrogens with zero attached hydrogens (tertiary/aromatic N) is 4. The van der Waals surface area contributed by atoms with Crippen molar-refractivity contribution >= 4 is 22.7 Å². The number of carbonyl (C=O) groups excluding carboxylic acids is 1. The van der Waals surface area contributed by atoms with E-state index in [9.17, 15) is 27.6 Å². The lowest BCUT2D eigenvalue weighted by atomic mass is 9.97. The largest absolute Gasteiger partial charge is 0.444 e. The minimum Gasteiger partial charge on any atom is -0.444 e. The van der Waals surface area contributed by atoms with Gasteiger partial charge in [-0.05, 0) is 77.5 Å². The van der Waals surface area contributed by atoms with Gasteiger partial charge in [-0.1, -0.05) is 12.1 Å². The molecule has 226 valence electrons. The van der Waals surface area contributed by atoms with Crippen LogP contribution in [0, 0.1) is 6.92 Å². The number of halogens is 3. The van der Waals surface area contributed by atoms with Crippen molar-refractivity contribution in [3.8, 4) is 0 Å². The van der Waals surface area contributed by atoms with E-state index in [1.807, 2.05) is 0 Å². The SMILES string of the molecule is Cc1c(C(C)Nc2nn(C)c(=O)c3c(C4CCCN4C(=O)OC(C)(C)C)c(=O)n(C4CC4)cc23)cccc1C(F)(F)F. The first-order valence-electron chi connectivity index (χ1n) is 14.2. The van der Waals surface area contributed by atoms with Crippen LogP contribution in [0.3, 0.4) is 0 Å². The highest BCUT2D eigenvalue weighted by molar-refractivity contribution is 5.93. The Hall–Kier alpha value is -3.83. The standard InChI is InChI=1S/C30H36F3N5O4/c1-16-19(9-7-10-21(16)30(31,32)33)17(2)34-25-20-15-38(18-12-13-18)27(40)24(23(20)26(39)36(6)35-25)22-11-8-14-37(22)28(41)42-29(3,4)5/h7,9-10,15,17-18,22H,8,11-14H2,1-6H3,(H,34,35). The predicted molar refractivity (Wildman–Crippen MR) is 153 cm³/mol. The molecule has 1 aromatic carbocycles. The van der Waals surface area contributed by atoms with Crippen molar-refractivity contribution < 1.29 is 22.7 Å². The minimum atomic E-state index is -4.50. The van der Waals surface area contributed by atoms with Crippen LogP contribution in [-0.2, 0) is 18.0 Å². The second-order valence-corrected chi connectivity index (χ2v) is 12.3. The Morgan fingerprint density at radius 3 is 2.43 bits per heavy atom. The number of likely N-dealkylation sites (tertiary alicyclic amines) is 1. The molecule has 2 fully saturated rings. The van der Waals surface area contributed by atoms with E-state index in [2.05, 4.69) is 10.4 Å². The summed E-state index contributed by atoms with van der Waals surface area (Å²) in [5.74, 6) is 0.258. The summed E-state index contributed by atoms with van der Waals surface area (Å²) in [5, 5.41) is 8.18. The summed E-state index contributed by atoms with van der Waals surface area (Å²) >= 11 is 0. The van der Waals surface area contributed by atoms with Crippen molar-refractivity contribution in [3.05, 3.63) is 67.4 Å². The molecule has 1 amide bonds. The Morgan fingerprint density at radius 2 is 1.81 bits per heavy atom. The molecule has 0 spiro atoms. The molecule has 12 heteroatoms. The van der Waals surface area contributed by atoms with Crippen molar-refractivity contribution in [2.45, 2.75) is 90.2 Å². The zero-order valence-electron chi connectivity index (χ0n) is 24.6. The second-order valence-electron chi connectivity index (χ2n) is 12.3. The zero-order chi connectivity index (χ0) is 30.7. The molecule has 1 aliphatic carbocycles. The average Bonchev–Trinajstić information content (AvgIpc) is 3.60.